The van der Waals surface area contributed by atoms with Crippen molar-refractivity contribution in [2.45, 2.75) is 45.6 Å². The number of non-ortho nitro benzene ring substituents is 1. The van der Waals surface area contributed by atoms with Crippen LogP contribution in [0.3, 0.4) is 0 Å². The molecule has 21 heavy (non-hydrogen) atoms. The molecule has 1 fully saturated rings. The first-order chi connectivity index (χ1) is 10.2. The van der Waals surface area contributed by atoms with Gasteiger partial charge in [0, 0.05) is 30.9 Å². The zero-order valence-electron chi connectivity index (χ0n) is 12.8. The van der Waals surface area contributed by atoms with E-state index in [-0.39, 0.29) is 10.6 Å². The molecule has 0 bridgehead atoms. The Hall–Kier alpha value is -1.62. The van der Waals surface area contributed by atoms with Crippen LogP contribution in [-0.4, -0.2) is 29.5 Å². The molecule has 0 atom stereocenters. The number of nitro groups is 1. The quantitative estimate of drug-likeness (QED) is 0.640. The molecule has 5 nitrogen and oxygen atoms in total. The molecular weight excluding hydrogens is 266 g/mol. The Labute approximate surface area is 126 Å². The van der Waals surface area contributed by atoms with E-state index in [2.05, 4.69) is 17.1 Å². The Bertz CT molecular complexity index is 469. The number of hydrogen-bond donors (Lipinski definition) is 1. The van der Waals surface area contributed by atoms with E-state index < -0.39 is 0 Å². The summed E-state index contributed by atoms with van der Waals surface area (Å²) < 4.78 is 0. The van der Waals surface area contributed by atoms with Crippen LogP contribution >= 0.6 is 0 Å². The lowest BCUT2D eigenvalue weighted by atomic mass is 10.1. The Morgan fingerprint density at radius 3 is 2.57 bits per heavy atom. The fraction of sp³-hybridized carbons (Fsp3) is 0.625. The Kier molecular flexibility index (Phi) is 5.99. The molecule has 0 aliphatic carbocycles. The van der Waals surface area contributed by atoms with Gasteiger partial charge < -0.3 is 5.32 Å². The number of hydrogen-bond acceptors (Lipinski definition) is 4. The van der Waals surface area contributed by atoms with Gasteiger partial charge >= 0.3 is 0 Å². The Morgan fingerprint density at radius 2 is 1.95 bits per heavy atom. The summed E-state index contributed by atoms with van der Waals surface area (Å²) in [5.41, 5.74) is 2.26. The first-order valence-corrected chi connectivity index (χ1v) is 7.94. The first-order valence-electron chi connectivity index (χ1n) is 7.94. The number of nitrogens with one attached hydrogen (secondary N) is 1. The molecule has 1 heterocycles. The summed E-state index contributed by atoms with van der Waals surface area (Å²) >= 11 is 0. The number of likely N-dealkylation sites (tertiary alicyclic amines) is 1. The molecule has 1 aliphatic heterocycles. The number of benzene rings is 1. The van der Waals surface area contributed by atoms with Crippen LogP contribution in [-0.2, 0) is 6.54 Å². The molecule has 0 radical (unpaired) electrons. The molecule has 0 spiro atoms. The van der Waals surface area contributed by atoms with Gasteiger partial charge in [-0.3, -0.25) is 15.0 Å². The van der Waals surface area contributed by atoms with Crippen molar-refractivity contribution in [3.8, 4) is 0 Å². The molecule has 1 aromatic carbocycles. The maximum atomic E-state index is 11.0. The summed E-state index contributed by atoms with van der Waals surface area (Å²) in [5, 5.41) is 14.4. The summed E-state index contributed by atoms with van der Waals surface area (Å²) in [6.45, 7) is 6.00. The molecule has 2 rings (SSSR count). The second kappa shape index (κ2) is 7.98. The number of anilines is 1. The summed E-state index contributed by atoms with van der Waals surface area (Å²) in [4.78, 5) is 13.1. The van der Waals surface area contributed by atoms with Crippen molar-refractivity contribution in [2.24, 2.45) is 0 Å². The van der Waals surface area contributed by atoms with Crippen LogP contribution in [0.2, 0.25) is 0 Å². The van der Waals surface area contributed by atoms with Gasteiger partial charge in [0.25, 0.3) is 5.69 Å². The fourth-order valence-electron chi connectivity index (χ4n) is 2.79. The van der Waals surface area contributed by atoms with Crippen molar-refractivity contribution in [3.05, 3.63) is 33.9 Å². The van der Waals surface area contributed by atoms with Gasteiger partial charge in [0.1, 0.15) is 0 Å². The SMILES string of the molecule is CCCNc1ccc([N+](=O)[O-])cc1CN1CCCCCC1. The molecule has 0 saturated carbocycles. The van der Waals surface area contributed by atoms with Crippen molar-refractivity contribution >= 4 is 11.4 Å². The maximum absolute atomic E-state index is 11.0. The molecule has 5 heteroatoms. The van der Waals surface area contributed by atoms with Gasteiger partial charge in [-0.05, 0) is 44.0 Å². The fourth-order valence-corrected chi connectivity index (χ4v) is 2.79. The monoisotopic (exact) mass is 291 g/mol. The van der Waals surface area contributed by atoms with Crippen LogP contribution in [0.4, 0.5) is 11.4 Å². The second-order valence-electron chi connectivity index (χ2n) is 5.72. The Balaban J connectivity index is 2.15. The van der Waals surface area contributed by atoms with E-state index in [1.807, 2.05) is 6.07 Å². The average molecular weight is 291 g/mol. The number of nitro benzene ring substituents is 1. The van der Waals surface area contributed by atoms with Gasteiger partial charge in [0.15, 0.2) is 0 Å². The van der Waals surface area contributed by atoms with Crippen molar-refractivity contribution in [2.75, 3.05) is 25.0 Å². The molecule has 1 N–H and O–H groups in total. The topological polar surface area (TPSA) is 58.4 Å². The van der Waals surface area contributed by atoms with Crippen LogP contribution in [0.1, 0.15) is 44.6 Å². The molecule has 116 valence electrons. The molecule has 1 saturated heterocycles. The van der Waals surface area contributed by atoms with Crippen molar-refractivity contribution in [1.82, 2.24) is 4.90 Å². The van der Waals surface area contributed by atoms with Crippen LogP contribution in [0, 0.1) is 10.1 Å². The predicted octanol–water partition coefficient (Wildman–Crippen LogP) is 3.79. The van der Waals surface area contributed by atoms with E-state index >= 15 is 0 Å². The van der Waals surface area contributed by atoms with Crippen LogP contribution in [0.25, 0.3) is 0 Å². The molecule has 0 aromatic heterocycles. The average Bonchev–Trinajstić information content (AvgIpc) is 2.74. The van der Waals surface area contributed by atoms with E-state index in [1.54, 1.807) is 12.1 Å². The van der Waals surface area contributed by atoms with E-state index in [9.17, 15) is 10.1 Å². The number of rotatable bonds is 6. The first kappa shape index (κ1) is 15.8. The highest BCUT2D eigenvalue weighted by molar-refractivity contribution is 5.56. The van der Waals surface area contributed by atoms with Gasteiger partial charge in [-0.25, -0.2) is 0 Å². The van der Waals surface area contributed by atoms with Crippen molar-refractivity contribution in [3.63, 3.8) is 0 Å². The van der Waals surface area contributed by atoms with E-state index in [1.165, 1.54) is 25.7 Å². The minimum atomic E-state index is -0.310. The highest BCUT2D eigenvalue weighted by atomic mass is 16.6. The normalized spacial score (nSPS) is 16.4. The number of nitrogens with zero attached hydrogens (tertiary/aromatic N) is 2. The van der Waals surface area contributed by atoms with Crippen LogP contribution in [0.5, 0.6) is 0 Å². The largest absolute Gasteiger partial charge is 0.385 e. The molecule has 0 unspecified atom stereocenters. The van der Waals surface area contributed by atoms with Gasteiger partial charge in [0.05, 0.1) is 4.92 Å². The van der Waals surface area contributed by atoms with Crippen LogP contribution < -0.4 is 5.32 Å². The van der Waals surface area contributed by atoms with Crippen LogP contribution in [0.15, 0.2) is 18.2 Å². The molecule has 0 amide bonds. The lowest BCUT2D eigenvalue weighted by Gasteiger charge is -2.21. The minimum Gasteiger partial charge on any atom is -0.385 e. The smallest absolute Gasteiger partial charge is 0.269 e. The summed E-state index contributed by atoms with van der Waals surface area (Å²) in [6, 6.07) is 5.16. The summed E-state index contributed by atoms with van der Waals surface area (Å²) in [6.07, 6.45) is 6.10. The van der Waals surface area contributed by atoms with Gasteiger partial charge in [-0.2, -0.15) is 0 Å². The molecular formula is C16H25N3O2. The second-order valence-corrected chi connectivity index (χ2v) is 5.72. The van der Waals surface area contributed by atoms with E-state index in [0.717, 1.165) is 43.9 Å². The lowest BCUT2D eigenvalue weighted by molar-refractivity contribution is -0.384. The van der Waals surface area contributed by atoms with Crippen molar-refractivity contribution in [1.29, 1.82) is 0 Å². The van der Waals surface area contributed by atoms with E-state index in [0.29, 0.717) is 0 Å². The zero-order valence-corrected chi connectivity index (χ0v) is 12.8. The maximum Gasteiger partial charge on any atom is 0.269 e. The molecule has 1 aromatic rings. The highest BCUT2D eigenvalue weighted by Crippen LogP contribution is 2.24. The third-order valence-electron chi connectivity index (χ3n) is 3.96. The lowest BCUT2D eigenvalue weighted by Crippen LogP contribution is -2.24. The Morgan fingerprint density at radius 1 is 1.24 bits per heavy atom. The third-order valence-corrected chi connectivity index (χ3v) is 3.96. The van der Waals surface area contributed by atoms with Crippen molar-refractivity contribution < 1.29 is 4.92 Å². The van der Waals surface area contributed by atoms with E-state index in [4.69, 9.17) is 0 Å². The minimum absolute atomic E-state index is 0.182. The summed E-state index contributed by atoms with van der Waals surface area (Å²) in [7, 11) is 0. The summed E-state index contributed by atoms with van der Waals surface area (Å²) in [5.74, 6) is 0. The highest BCUT2D eigenvalue weighted by Gasteiger charge is 2.15. The predicted molar refractivity (Wildman–Crippen MR) is 85.6 cm³/mol. The van der Waals surface area contributed by atoms with Gasteiger partial charge in [0.2, 0.25) is 0 Å². The van der Waals surface area contributed by atoms with Gasteiger partial charge in [-0.15, -0.1) is 0 Å². The zero-order chi connectivity index (χ0) is 15.1. The standard InChI is InChI=1S/C16H25N3O2/c1-2-9-17-16-8-7-15(19(20)21)12-14(16)13-18-10-5-3-4-6-11-18/h7-8,12,17H,2-6,9-11,13H2,1H3. The van der Waals surface area contributed by atoms with Gasteiger partial charge in [-0.1, -0.05) is 19.8 Å². The molecule has 1 aliphatic rings. The third kappa shape index (κ3) is 4.70.